The Morgan fingerprint density at radius 3 is 1.38 bits per heavy atom. The number of ketones is 1. The summed E-state index contributed by atoms with van der Waals surface area (Å²) >= 11 is 1.03. The van der Waals surface area contributed by atoms with Crippen molar-refractivity contribution >= 4 is 122 Å². The summed E-state index contributed by atoms with van der Waals surface area (Å²) in [6, 6.07) is 1.35. The number of aliphatic hydroxyl groups is 10. The number of amides is 14. The van der Waals surface area contributed by atoms with Gasteiger partial charge in [-0.15, -0.1) is 11.3 Å². The van der Waals surface area contributed by atoms with E-state index in [1.165, 1.54) is 44.2 Å². The molecule has 3 aromatic rings. The average molecular weight is 2140 g/mol. The fourth-order valence-corrected chi connectivity index (χ4v) is 14.3. The number of methoxy groups -OCH3 is 2. The molecule has 0 bridgehead atoms. The zero-order valence-corrected chi connectivity index (χ0v) is 83.3. The van der Waals surface area contributed by atoms with E-state index in [1.807, 2.05) is 0 Å². The lowest BCUT2D eigenvalue weighted by Gasteiger charge is -2.26. The molecule has 5 rings (SSSR count). The van der Waals surface area contributed by atoms with Crippen LogP contribution in [0, 0.1) is 11.6 Å². The number of fused-ring (bicyclic) bond motifs is 2. The lowest BCUT2D eigenvalue weighted by atomic mass is 10.0. The summed E-state index contributed by atoms with van der Waals surface area (Å²) in [7, 11) is 2.61. The third kappa shape index (κ3) is 48.2. The number of aliphatic hydroxyl groups excluding tert-OH is 10. The Morgan fingerprint density at radius 2 is 0.878 bits per heavy atom. The first-order valence-electron chi connectivity index (χ1n) is 48.0. The molecule has 0 radical (unpaired) electrons. The van der Waals surface area contributed by atoms with Crippen LogP contribution in [0.15, 0.2) is 18.2 Å². The summed E-state index contributed by atoms with van der Waals surface area (Å²) in [6.07, 6.45) is -21.1. The number of hydrogen-bond donors (Lipinski definition) is 21. The predicted octanol–water partition coefficient (Wildman–Crippen LogP) is -8.76. The van der Waals surface area contributed by atoms with Gasteiger partial charge >= 0.3 is 11.9 Å². The highest BCUT2D eigenvalue weighted by Gasteiger charge is 2.37. The van der Waals surface area contributed by atoms with Crippen molar-refractivity contribution in [1.82, 2.24) is 68.3 Å². The molecule has 2 aliphatic rings. The number of imide groups is 1. The molecule has 1 unspecified atom stereocenters. The molecule has 14 amide bonds. The number of hydrogen-bond acceptors (Lipinski definition) is 42. The van der Waals surface area contributed by atoms with E-state index in [2.05, 4.69) is 58.5 Å². The van der Waals surface area contributed by atoms with Crippen molar-refractivity contribution in [2.75, 3.05) is 218 Å². The van der Waals surface area contributed by atoms with Gasteiger partial charge in [-0.3, -0.25) is 86.4 Å². The van der Waals surface area contributed by atoms with Gasteiger partial charge in [0.25, 0.3) is 0 Å². The van der Waals surface area contributed by atoms with Crippen molar-refractivity contribution in [3.63, 3.8) is 0 Å². The van der Waals surface area contributed by atoms with Gasteiger partial charge < -0.3 is 181 Å². The molecule has 832 valence electrons. The van der Waals surface area contributed by atoms with Gasteiger partial charge in [0.2, 0.25) is 82.7 Å². The van der Waals surface area contributed by atoms with E-state index in [0.717, 1.165) is 11.3 Å². The minimum absolute atomic E-state index is 0.0244. The Morgan fingerprint density at radius 1 is 0.446 bits per heavy atom. The maximum absolute atomic E-state index is 16.1. The molecule has 12 atom stereocenters. The van der Waals surface area contributed by atoms with Gasteiger partial charge in [-0.1, -0.05) is 0 Å². The van der Waals surface area contributed by atoms with E-state index in [-0.39, 0.29) is 222 Å². The molecule has 3 heterocycles. The van der Waals surface area contributed by atoms with Gasteiger partial charge in [0.05, 0.1) is 222 Å². The molecule has 1 fully saturated rings. The number of ether oxygens (including phenoxy) is 14. The Bertz CT molecular complexity index is 4810. The fraction of sp³-hybridized carbons (Fsp3) is 0.659. The third-order valence-electron chi connectivity index (χ3n) is 21.4. The van der Waals surface area contributed by atoms with Crippen LogP contribution in [0.5, 0.6) is 23.0 Å². The van der Waals surface area contributed by atoms with Gasteiger partial charge in [0.15, 0.2) is 40.4 Å². The molecular formula is C91H137F2N13O41S. The molecular weight excluding hydrogens is 2000 g/mol. The van der Waals surface area contributed by atoms with Gasteiger partial charge in [-0.2, -0.15) is 0 Å². The quantitative estimate of drug-likeness (QED) is 0.0108. The molecule has 0 aliphatic carbocycles. The van der Waals surface area contributed by atoms with Crippen LogP contribution in [0.25, 0.3) is 10.1 Å². The first-order chi connectivity index (χ1) is 71.2. The third-order valence-corrected chi connectivity index (χ3v) is 22.5. The second-order valence-electron chi connectivity index (χ2n) is 32.8. The zero-order chi connectivity index (χ0) is 110. The Labute approximate surface area is 853 Å². The SMILES string of the molecule is [3H]C1CC(=O)N(CC(=O)N[C@@H](CCC(=O)NCC(=O)NC[C@H](C)OC(=O)CCC(=O)N2Cc3cc(OC)c(OCCCOc4c(OC)cc5sc(C(=O)CCC(=O)OCC)cc5c4F)c(F)c3C2)C(=O)NCC(=O)NCC(=O)NCC(=O)NCC(=O)NCCOCCOCCOCCOCCOCCOCCOCCOCCC(=O)N[C@@H](CCC(=O)NC[C@H](O)[C@@H](O)[C@H](O)[C@H](O)CO)C(=O)NC[C@H](O)[C@@H](O)[C@H](O)[C@H](O)CO)C1=O. The van der Waals surface area contributed by atoms with Crippen LogP contribution < -0.4 is 77.4 Å². The summed E-state index contributed by atoms with van der Waals surface area (Å²) in [5.74, 6) is -15.4. The number of Topliss-reactive ketones (excluding diaryl/α,β-unsaturated/α-hetero) is 1. The Balaban J connectivity index is 0.845. The van der Waals surface area contributed by atoms with E-state index in [9.17, 15) is 122 Å². The fourth-order valence-electron chi connectivity index (χ4n) is 13.3. The number of esters is 2. The van der Waals surface area contributed by atoms with E-state index >= 15 is 8.78 Å². The molecule has 1 saturated heterocycles. The van der Waals surface area contributed by atoms with Crippen LogP contribution in [-0.2, 0) is 137 Å². The van der Waals surface area contributed by atoms with Crippen LogP contribution in [0.4, 0.5) is 8.78 Å². The standard InChI is InChI=1S/C91H137F2N13O41S/c1-5-144-80(126)15-9-59(109)67-38-55-66(148-67)39-65(135-4)89(82(55)92)146-20-6-19-145-88-64(134-3)37-54-48-105(49-56(54)83(88)93)77(123)14-16-81(127)147-53(2)40-95-72(118)44-97-69(115)11-8-58(104-76(122)50-106-78(124)12-13-79(106)125)91(133)102-47-75(121)100-46-74(120)99-45-73(119)98-43-71(117)94-18-22-137-24-26-139-28-30-141-32-34-143-36-35-142-33-31-140-29-27-138-25-23-136-21-17-70(116)103-57(90(132)101-42-61(111)85(129)87(131)63(113)52-108)7-10-68(114)96-41-60(110)84(128)86(130)62(112)51-107/h37-39,53,57-58,60-63,84-87,107-108,110-113,128-131H,5-36,40-52H2,1-4H3,(H,94,117)(H,95,118)(H,96,114)(H,97,115)(H,98,119)(H,99,120)(H,100,121)(H,101,132)(H,102,133)(H,103,116)(H,104,122)/t53-,57-,58-,60-,61-,62+,63+,84+,85+,86+,87+/m0/s1/i12T/t12?,53-,57-,58-,60-,61-,62+,63+,84+,85+,86+,87+. The molecule has 21 N–H and O–H groups in total. The number of carbonyl (C=O) groups is 17. The summed E-state index contributed by atoms with van der Waals surface area (Å²) < 4.78 is 116. The number of nitrogens with zero attached hydrogens (tertiary/aromatic N) is 2. The van der Waals surface area contributed by atoms with Crippen LogP contribution >= 0.6 is 11.3 Å². The lowest BCUT2D eigenvalue weighted by Crippen LogP contribution is -2.53. The first-order valence-corrected chi connectivity index (χ1v) is 48.2. The number of halogens is 2. The number of likely N-dealkylation sites (tertiary alicyclic amines) is 1. The Hall–Kier alpha value is -11.9. The minimum atomic E-state index is -2.02. The van der Waals surface area contributed by atoms with Crippen LogP contribution in [-0.4, -0.2) is 447 Å². The maximum atomic E-state index is 16.1. The van der Waals surface area contributed by atoms with Crippen LogP contribution in [0.2, 0.25) is 0 Å². The van der Waals surface area contributed by atoms with Crippen LogP contribution in [0.3, 0.4) is 0 Å². The molecule has 2 aromatic carbocycles. The van der Waals surface area contributed by atoms with E-state index in [0.29, 0.717) is 28.4 Å². The number of thiophene rings is 1. The highest BCUT2D eigenvalue weighted by atomic mass is 32.1. The summed E-state index contributed by atoms with van der Waals surface area (Å²) in [5.41, 5.74) is 0.557. The summed E-state index contributed by atoms with van der Waals surface area (Å²) in [6.45, 7) is -1.51. The monoisotopic (exact) mass is 2140 g/mol. The van der Waals surface area contributed by atoms with Gasteiger partial charge in [0, 0.05) is 107 Å². The van der Waals surface area contributed by atoms with Crippen LogP contribution in [0.1, 0.15) is 113 Å². The smallest absolute Gasteiger partial charge is 0.306 e. The second kappa shape index (κ2) is 70.9. The summed E-state index contributed by atoms with van der Waals surface area (Å²) in [4.78, 5) is 218. The average Bonchev–Trinajstić information content (AvgIpc) is 1.64. The number of benzene rings is 2. The molecule has 57 heteroatoms. The number of nitrogens with one attached hydrogen (secondary N) is 11. The highest BCUT2D eigenvalue weighted by molar-refractivity contribution is 7.20. The minimum Gasteiger partial charge on any atom is -0.493 e. The maximum Gasteiger partial charge on any atom is 0.306 e. The topological polar surface area (TPSA) is 761 Å². The largest absolute Gasteiger partial charge is 0.493 e. The summed E-state index contributed by atoms with van der Waals surface area (Å²) in [5, 5.41) is 123. The normalized spacial score (nSPS) is 15.1. The second-order valence-corrected chi connectivity index (χ2v) is 33.8. The predicted molar refractivity (Wildman–Crippen MR) is 505 cm³/mol. The molecule has 1 aromatic heterocycles. The van der Waals surface area contributed by atoms with Gasteiger partial charge in [0.1, 0.15) is 61.4 Å². The molecule has 0 saturated carbocycles. The van der Waals surface area contributed by atoms with Crippen molar-refractivity contribution in [3.05, 3.63) is 45.8 Å². The van der Waals surface area contributed by atoms with Gasteiger partial charge in [-0.05, 0) is 44.4 Å². The molecule has 148 heavy (non-hydrogen) atoms. The van der Waals surface area contributed by atoms with Crippen molar-refractivity contribution in [1.29, 1.82) is 0 Å². The van der Waals surface area contributed by atoms with Crippen molar-refractivity contribution in [2.45, 2.75) is 171 Å². The van der Waals surface area contributed by atoms with Gasteiger partial charge in [-0.25, -0.2) is 8.78 Å². The molecule has 2 aliphatic heterocycles. The van der Waals surface area contributed by atoms with E-state index < -0.39 is 277 Å². The highest BCUT2D eigenvalue weighted by Crippen LogP contribution is 2.42. The van der Waals surface area contributed by atoms with E-state index in [1.54, 1.807) is 6.92 Å². The van der Waals surface area contributed by atoms with E-state index in [4.69, 9.17) is 77.9 Å². The molecule has 54 nitrogen and oxygen atoms in total. The number of rotatable bonds is 80. The van der Waals surface area contributed by atoms with Crippen molar-refractivity contribution < 1.29 is 209 Å². The molecule has 0 spiro atoms. The first kappa shape index (κ1) is 125. The van der Waals surface area contributed by atoms with Crippen molar-refractivity contribution in [2.24, 2.45) is 0 Å². The Kier molecular flexibility index (Phi) is 59.8. The zero-order valence-electron chi connectivity index (χ0n) is 83.5. The lowest BCUT2D eigenvalue weighted by molar-refractivity contribution is -0.150. The number of carbonyl (C=O) groups excluding carboxylic acids is 17. The van der Waals surface area contributed by atoms with Crippen molar-refractivity contribution in [3.8, 4) is 23.0 Å².